The second kappa shape index (κ2) is 44.1. The lowest BCUT2D eigenvalue weighted by molar-refractivity contribution is -0.302. The first-order chi connectivity index (χ1) is 31.7. The van der Waals surface area contributed by atoms with Crippen molar-refractivity contribution in [2.45, 2.75) is 262 Å². The Kier molecular flexibility index (Phi) is 41.2. The number of hydrogen-bond donors (Lipinski definition) is 6. The molecule has 6 N–H and O–H groups in total. The van der Waals surface area contributed by atoms with Gasteiger partial charge in [-0.15, -0.1) is 0 Å². The number of carbonyl (C=O) groups is 2. The molecule has 0 saturated carbocycles. The molecular weight excluding hydrogens is 823 g/mol. The molecule has 378 valence electrons. The molecule has 1 fully saturated rings. The van der Waals surface area contributed by atoms with E-state index < -0.39 is 49.5 Å². The summed E-state index contributed by atoms with van der Waals surface area (Å²) in [5, 5.41) is 54.0. The summed E-state index contributed by atoms with van der Waals surface area (Å²) in [5.41, 5.74) is 0. The van der Waals surface area contributed by atoms with Gasteiger partial charge >= 0.3 is 5.97 Å². The minimum Gasteiger partial charge on any atom is -0.466 e. The van der Waals surface area contributed by atoms with Crippen LogP contribution in [0.25, 0.3) is 0 Å². The van der Waals surface area contributed by atoms with Crippen LogP contribution in [0.2, 0.25) is 0 Å². The standard InChI is InChI=1S/C54H97NO10/c1-3-5-7-9-11-13-14-22-26-30-34-38-42-50(59)63-43-39-35-31-27-23-20-18-16-15-17-19-21-25-29-33-37-41-49(58)55-46(47(57)40-36-32-28-24-12-10-8-6-4-2)45-64-54-53(62)52(61)51(60)48(44-56)65-54/h11-13,15,17,24,36,40,46-48,51-54,56-57,60-62H,3-10,14,16,18-23,25-35,37-39,41-45H2,1-2H3,(H,55,58)/b13-11-,17-15-,24-12+,40-36+. The van der Waals surface area contributed by atoms with Gasteiger partial charge in [-0.1, -0.05) is 159 Å². The number of amides is 1. The first-order valence-electron chi connectivity index (χ1n) is 26.4. The monoisotopic (exact) mass is 920 g/mol. The molecule has 7 atom stereocenters. The van der Waals surface area contributed by atoms with Crippen LogP contribution in [-0.4, -0.2) is 100 Å². The molecule has 1 heterocycles. The van der Waals surface area contributed by atoms with E-state index in [4.69, 9.17) is 14.2 Å². The predicted molar refractivity (Wildman–Crippen MR) is 264 cm³/mol. The minimum atomic E-state index is -1.58. The Morgan fingerprint density at radius 2 is 1.00 bits per heavy atom. The second-order valence-corrected chi connectivity index (χ2v) is 18.2. The molecule has 7 unspecified atom stereocenters. The van der Waals surface area contributed by atoms with E-state index in [1.807, 2.05) is 6.08 Å². The number of carbonyl (C=O) groups excluding carboxylic acids is 2. The first kappa shape index (κ1) is 60.6. The Labute approximate surface area is 396 Å². The summed E-state index contributed by atoms with van der Waals surface area (Å²) in [6.07, 6.45) is 43.5. The number of aliphatic hydroxyl groups is 5. The molecule has 0 aromatic heterocycles. The van der Waals surface area contributed by atoms with E-state index >= 15 is 0 Å². The fourth-order valence-corrected chi connectivity index (χ4v) is 7.85. The summed E-state index contributed by atoms with van der Waals surface area (Å²) in [4.78, 5) is 25.0. The van der Waals surface area contributed by atoms with Crippen LogP contribution in [0, 0.1) is 0 Å². The predicted octanol–water partition coefficient (Wildman–Crippen LogP) is 10.9. The normalized spacial score (nSPS) is 20.1. The number of hydrogen-bond acceptors (Lipinski definition) is 10. The minimum absolute atomic E-state index is 0.0329. The second-order valence-electron chi connectivity index (χ2n) is 18.2. The van der Waals surface area contributed by atoms with Gasteiger partial charge in [0.05, 0.1) is 32.0 Å². The SMILES string of the molecule is CCCCC/C=C\CCCCCCCC(=O)OCCCCCCCCC/C=C\CCCCCCCC(=O)NC(COC1OC(CO)C(O)C(O)C1O)C(O)/C=C/CC/C=C/CCCCC. The maximum Gasteiger partial charge on any atom is 0.305 e. The summed E-state index contributed by atoms with van der Waals surface area (Å²) in [6.45, 7) is 4.19. The topological polar surface area (TPSA) is 175 Å². The van der Waals surface area contributed by atoms with E-state index in [0.717, 1.165) is 89.9 Å². The highest BCUT2D eigenvalue weighted by atomic mass is 16.7. The van der Waals surface area contributed by atoms with E-state index in [2.05, 4.69) is 55.6 Å². The van der Waals surface area contributed by atoms with Crippen molar-refractivity contribution in [2.75, 3.05) is 19.8 Å². The third kappa shape index (κ3) is 34.6. The van der Waals surface area contributed by atoms with Crippen molar-refractivity contribution in [3.8, 4) is 0 Å². The summed E-state index contributed by atoms with van der Waals surface area (Å²) in [5.74, 6) is -0.246. The fraction of sp³-hybridized carbons (Fsp3) is 0.815. The average molecular weight is 920 g/mol. The molecular formula is C54H97NO10. The molecule has 0 aromatic carbocycles. The maximum atomic E-state index is 12.9. The molecule has 11 heteroatoms. The third-order valence-corrected chi connectivity index (χ3v) is 12.1. The lowest BCUT2D eigenvalue weighted by Crippen LogP contribution is -2.60. The molecule has 0 bridgehead atoms. The van der Waals surface area contributed by atoms with Gasteiger partial charge < -0.3 is 45.1 Å². The highest BCUT2D eigenvalue weighted by Crippen LogP contribution is 2.22. The Bertz CT molecular complexity index is 1220. The molecule has 1 saturated heterocycles. The summed E-state index contributed by atoms with van der Waals surface area (Å²) in [7, 11) is 0. The number of esters is 1. The van der Waals surface area contributed by atoms with Gasteiger partial charge in [-0.05, 0) is 96.3 Å². The molecule has 65 heavy (non-hydrogen) atoms. The molecule has 0 aliphatic carbocycles. The van der Waals surface area contributed by atoms with Gasteiger partial charge in [-0.25, -0.2) is 0 Å². The Balaban J connectivity index is 2.13. The zero-order chi connectivity index (χ0) is 47.4. The van der Waals surface area contributed by atoms with Gasteiger partial charge in [0.2, 0.25) is 5.91 Å². The number of aliphatic hydroxyl groups excluding tert-OH is 5. The van der Waals surface area contributed by atoms with Crippen LogP contribution in [0.4, 0.5) is 0 Å². The number of nitrogens with one attached hydrogen (secondary N) is 1. The summed E-state index contributed by atoms with van der Waals surface area (Å²) in [6, 6.07) is -0.839. The van der Waals surface area contributed by atoms with Gasteiger partial charge in [-0.2, -0.15) is 0 Å². The Hall–Kier alpha value is -2.38. The molecule has 11 nitrogen and oxygen atoms in total. The Morgan fingerprint density at radius 3 is 1.52 bits per heavy atom. The molecule has 0 radical (unpaired) electrons. The van der Waals surface area contributed by atoms with Gasteiger partial charge in [0.1, 0.15) is 24.4 Å². The van der Waals surface area contributed by atoms with Gasteiger partial charge in [-0.3, -0.25) is 9.59 Å². The van der Waals surface area contributed by atoms with E-state index in [1.165, 1.54) is 103 Å². The molecule has 1 amide bonds. The zero-order valence-corrected chi connectivity index (χ0v) is 41.2. The quantitative estimate of drug-likeness (QED) is 0.0196. The van der Waals surface area contributed by atoms with E-state index in [-0.39, 0.29) is 18.5 Å². The van der Waals surface area contributed by atoms with Crippen molar-refractivity contribution in [1.82, 2.24) is 5.32 Å². The highest BCUT2D eigenvalue weighted by molar-refractivity contribution is 5.76. The van der Waals surface area contributed by atoms with Crippen LogP contribution in [0.1, 0.15) is 219 Å². The van der Waals surface area contributed by atoms with Gasteiger partial charge in [0, 0.05) is 12.8 Å². The Morgan fingerprint density at radius 1 is 0.554 bits per heavy atom. The van der Waals surface area contributed by atoms with Crippen molar-refractivity contribution in [2.24, 2.45) is 0 Å². The lowest BCUT2D eigenvalue weighted by Gasteiger charge is -2.40. The highest BCUT2D eigenvalue weighted by Gasteiger charge is 2.44. The number of unbranched alkanes of at least 4 members (excludes halogenated alkanes) is 24. The summed E-state index contributed by atoms with van der Waals surface area (Å²) >= 11 is 0. The zero-order valence-electron chi connectivity index (χ0n) is 41.2. The third-order valence-electron chi connectivity index (χ3n) is 12.1. The van der Waals surface area contributed by atoms with E-state index in [0.29, 0.717) is 19.4 Å². The molecule has 1 aliphatic heterocycles. The van der Waals surface area contributed by atoms with E-state index in [1.54, 1.807) is 6.08 Å². The van der Waals surface area contributed by atoms with Gasteiger partial charge in [0.25, 0.3) is 0 Å². The van der Waals surface area contributed by atoms with Crippen LogP contribution >= 0.6 is 0 Å². The van der Waals surface area contributed by atoms with Crippen molar-refractivity contribution >= 4 is 11.9 Å². The molecule has 0 aromatic rings. The van der Waals surface area contributed by atoms with Crippen molar-refractivity contribution in [1.29, 1.82) is 0 Å². The van der Waals surface area contributed by atoms with E-state index in [9.17, 15) is 35.1 Å². The van der Waals surface area contributed by atoms with Gasteiger partial charge in [0.15, 0.2) is 6.29 Å². The maximum absolute atomic E-state index is 12.9. The molecule has 0 spiro atoms. The van der Waals surface area contributed by atoms with Crippen LogP contribution in [0.5, 0.6) is 0 Å². The van der Waals surface area contributed by atoms with Crippen molar-refractivity contribution in [3.05, 3.63) is 48.6 Å². The fourth-order valence-electron chi connectivity index (χ4n) is 7.85. The van der Waals surface area contributed by atoms with Crippen LogP contribution in [-0.2, 0) is 23.8 Å². The van der Waals surface area contributed by atoms with Crippen LogP contribution in [0.3, 0.4) is 0 Å². The smallest absolute Gasteiger partial charge is 0.305 e. The van der Waals surface area contributed by atoms with Crippen molar-refractivity contribution in [3.63, 3.8) is 0 Å². The van der Waals surface area contributed by atoms with Crippen molar-refractivity contribution < 1.29 is 49.3 Å². The number of rotatable bonds is 44. The number of allylic oxidation sites excluding steroid dienone is 7. The first-order valence-corrected chi connectivity index (χ1v) is 26.4. The number of ether oxygens (including phenoxy) is 3. The van der Waals surface area contributed by atoms with Crippen LogP contribution < -0.4 is 5.32 Å². The molecule has 1 rings (SSSR count). The largest absolute Gasteiger partial charge is 0.466 e. The lowest BCUT2D eigenvalue weighted by atomic mass is 9.99. The average Bonchev–Trinajstić information content (AvgIpc) is 3.30. The van der Waals surface area contributed by atoms with Crippen LogP contribution in [0.15, 0.2) is 48.6 Å². The summed E-state index contributed by atoms with van der Waals surface area (Å²) < 4.78 is 16.6. The molecule has 1 aliphatic rings.